The van der Waals surface area contributed by atoms with Gasteiger partial charge in [0.25, 0.3) is 0 Å². The monoisotopic (exact) mass is 79.0 g/mol. The fraction of sp³-hybridized carbons (Fsp3) is 0.333. The Balaban J connectivity index is 3.30. The molecule has 0 aromatic heterocycles. The molecule has 0 spiro atoms. The second-order valence-corrected chi connectivity index (χ2v) is 0.791. The van der Waals surface area contributed by atoms with Crippen molar-refractivity contribution >= 4 is 14.1 Å². The van der Waals surface area contributed by atoms with Gasteiger partial charge in [-0.15, -0.1) is 0 Å². The van der Waals surface area contributed by atoms with Crippen LogP contribution in [-0.2, 0) is 4.79 Å². The maximum atomic E-state index is 9.39. The van der Waals surface area contributed by atoms with Crippen LogP contribution in [0.1, 0.15) is 0 Å². The molecule has 2 nitrogen and oxygen atoms in total. The minimum Gasteiger partial charge on any atom is -0.303 e. The zero-order valence-electron chi connectivity index (χ0n) is 3.09. The lowest BCUT2D eigenvalue weighted by Crippen LogP contribution is -1.85. The summed E-state index contributed by atoms with van der Waals surface area (Å²) < 4.78 is 0. The summed E-state index contributed by atoms with van der Waals surface area (Å²) >= 11 is 0. The number of hydrogen-bond donors (Lipinski definition) is 0. The van der Waals surface area contributed by atoms with Crippen LogP contribution in [0.3, 0.4) is 0 Å². The molecule has 0 N–H and O–H groups in total. The highest BCUT2D eigenvalue weighted by Crippen LogP contribution is 1.82. The molecule has 0 bridgehead atoms. The third kappa shape index (κ3) is 1.54. The summed E-state index contributed by atoms with van der Waals surface area (Å²) in [6, 6.07) is 1.52. The topological polar surface area (TPSA) is 40.9 Å². The first-order valence-electron chi connectivity index (χ1n) is 1.41. The molecule has 0 amide bonds. The quantitative estimate of drug-likeness (QED) is 0.318. The molecule has 0 saturated heterocycles. The Labute approximate surface area is 37.2 Å². The van der Waals surface area contributed by atoms with Gasteiger partial charge in [-0.1, -0.05) is 0 Å². The van der Waals surface area contributed by atoms with Gasteiger partial charge >= 0.3 is 0 Å². The van der Waals surface area contributed by atoms with E-state index in [2.05, 4.69) is 0 Å². The largest absolute Gasteiger partial charge is 0.303 e. The van der Waals surface area contributed by atoms with Crippen LogP contribution in [0.5, 0.6) is 0 Å². The van der Waals surface area contributed by atoms with Crippen molar-refractivity contribution in [1.29, 1.82) is 5.26 Å². The van der Waals surface area contributed by atoms with E-state index in [-0.39, 0.29) is 0 Å². The van der Waals surface area contributed by atoms with Crippen molar-refractivity contribution < 1.29 is 4.79 Å². The maximum absolute atomic E-state index is 9.39. The second kappa shape index (κ2) is 2.46. The lowest BCUT2D eigenvalue weighted by Gasteiger charge is -1.75. The highest BCUT2D eigenvalue weighted by Gasteiger charge is 1.88. The van der Waals surface area contributed by atoms with Gasteiger partial charge in [0.1, 0.15) is 14.1 Å². The smallest absolute Gasteiger partial charge is 0.128 e. The van der Waals surface area contributed by atoms with E-state index in [1.165, 1.54) is 6.07 Å². The molecular formula is C3H2BNO. The molecule has 0 saturated carbocycles. The third-order valence-corrected chi connectivity index (χ3v) is 0.296. The highest BCUT2D eigenvalue weighted by atomic mass is 16.1. The van der Waals surface area contributed by atoms with Gasteiger partial charge in [-0.2, -0.15) is 5.26 Å². The molecule has 0 heterocycles. The van der Waals surface area contributed by atoms with Crippen LogP contribution >= 0.6 is 0 Å². The first-order valence-corrected chi connectivity index (χ1v) is 1.41. The van der Waals surface area contributed by atoms with E-state index in [1.54, 1.807) is 0 Å². The first kappa shape index (κ1) is 5.22. The summed E-state index contributed by atoms with van der Waals surface area (Å²) in [4.78, 5) is 9.39. The zero-order chi connectivity index (χ0) is 4.99. The van der Waals surface area contributed by atoms with Gasteiger partial charge in [0.05, 0.1) is 11.9 Å². The molecule has 2 radical (unpaired) electrons. The standard InChI is InChI=1S/C3H2BNO/c4-3(1-5)2-6/h2-3H. The van der Waals surface area contributed by atoms with Gasteiger partial charge in [0.15, 0.2) is 0 Å². The van der Waals surface area contributed by atoms with Crippen molar-refractivity contribution in [2.75, 3.05) is 0 Å². The van der Waals surface area contributed by atoms with Crippen LogP contribution < -0.4 is 0 Å². The van der Waals surface area contributed by atoms with Crippen molar-refractivity contribution in [1.82, 2.24) is 0 Å². The van der Waals surface area contributed by atoms with Crippen molar-refractivity contribution in [3.05, 3.63) is 0 Å². The third-order valence-electron chi connectivity index (χ3n) is 0.296. The molecule has 28 valence electrons. The van der Waals surface area contributed by atoms with E-state index in [4.69, 9.17) is 13.1 Å². The van der Waals surface area contributed by atoms with Gasteiger partial charge in [-0.25, -0.2) is 0 Å². The van der Waals surface area contributed by atoms with Gasteiger partial charge in [0.2, 0.25) is 0 Å². The Hall–Kier alpha value is -0.775. The summed E-state index contributed by atoms with van der Waals surface area (Å²) in [7, 11) is 4.74. The molecule has 0 aliphatic heterocycles. The Kier molecular flexibility index (Phi) is 2.14. The minimum absolute atomic E-state index is 0.389. The molecule has 1 atom stereocenters. The van der Waals surface area contributed by atoms with Crippen LogP contribution in [0.15, 0.2) is 0 Å². The Bertz CT molecular complexity index is 85.3. The molecule has 1 unspecified atom stereocenters. The molecular weight excluding hydrogens is 76.9 g/mol. The number of nitriles is 1. The van der Waals surface area contributed by atoms with Gasteiger partial charge in [-0.3, -0.25) is 0 Å². The number of hydrogen-bond acceptors (Lipinski definition) is 2. The number of nitrogens with zero attached hydrogens (tertiary/aromatic N) is 1. The molecule has 6 heavy (non-hydrogen) atoms. The molecule has 0 aliphatic rings. The Morgan fingerprint density at radius 1 is 2.00 bits per heavy atom. The van der Waals surface area contributed by atoms with Crippen LogP contribution in [0.2, 0.25) is 5.82 Å². The normalized spacial score (nSPS) is 11.8. The minimum atomic E-state index is -0.940. The number of aldehydes is 1. The summed E-state index contributed by atoms with van der Waals surface area (Å²) in [5.41, 5.74) is 0. The van der Waals surface area contributed by atoms with Crippen LogP contribution in [0, 0.1) is 11.3 Å². The van der Waals surface area contributed by atoms with Crippen molar-refractivity contribution in [2.24, 2.45) is 0 Å². The number of carbonyl (C=O) groups excluding carboxylic acids is 1. The van der Waals surface area contributed by atoms with Crippen molar-refractivity contribution in [2.45, 2.75) is 5.82 Å². The molecule has 0 fully saturated rings. The van der Waals surface area contributed by atoms with E-state index >= 15 is 0 Å². The summed E-state index contributed by atoms with van der Waals surface area (Å²) in [6.45, 7) is 0. The predicted molar refractivity (Wildman–Crippen MR) is 21.2 cm³/mol. The average molecular weight is 78.9 g/mol. The lowest BCUT2D eigenvalue weighted by atomic mass is 9.91. The highest BCUT2D eigenvalue weighted by molar-refractivity contribution is 6.21. The number of rotatable bonds is 1. The molecule has 0 aliphatic carbocycles. The number of carbonyl (C=O) groups is 1. The van der Waals surface area contributed by atoms with E-state index < -0.39 is 5.82 Å². The molecule has 0 rings (SSSR count). The first-order chi connectivity index (χ1) is 2.81. The summed E-state index contributed by atoms with van der Waals surface area (Å²) in [6.07, 6.45) is 0.389. The van der Waals surface area contributed by atoms with Crippen molar-refractivity contribution in [3.8, 4) is 6.07 Å². The van der Waals surface area contributed by atoms with Crippen LogP contribution in [-0.4, -0.2) is 14.1 Å². The Morgan fingerprint density at radius 3 is 2.50 bits per heavy atom. The van der Waals surface area contributed by atoms with Crippen molar-refractivity contribution in [3.63, 3.8) is 0 Å². The predicted octanol–water partition coefficient (Wildman–Crippen LogP) is -0.334. The summed E-state index contributed by atoms with van der Waals surface area (Å²) in [5, 5.41) is 7.73. The molecule has 0 aromatic carbocycles. The summed E-state index contributed by atoms with van der Waals surface area (Å²) in [5.74, 6) is -0.940. The van der Waals surface area contributed by atoms with Crippen LogP contribution in [0.4, 0.5) is 0 Å². The fourth-order valence-corrected chi connectivity index (χ4v) is 0.0304. The zero-order valence-corrected chi connectivity index (χ0v) is 3.09. The second-order valence-electron chi connectivity index (χ2n) is 0.791. The van der Waals surface area contributed by atoms with Crippen LogP contribution in [0.25, 0.3) is 0 Å². The van der Waals surface area contributed by atoms with Gasteiger partial charge in [0, 0.05) is 0 Å². The van der Waals surface area contributed by atoms with Gasteiger partial charge in [-0.05, 0) is 0 Å². The lowest BCUT2D eigenvalue weighted by molar-refractivity contribution is -0.106. The molecule has 0 aromatic rings. The van der Waals surface area contributed by atoms with E-state index in [9.17, 15) is 4.79 Å². The molecule has 3 heteroatoms. The van der Waals surface area contributed by atoms with E-state index in [1.807, 2.05) is 0 Å². The Morgan fingerprint density at radius 2 is 2.50 bits per heavy atom. The van der Waals surface area contributed by atoms with Gasteiger partial charge < -0.3 is 4.79 Å². The fourth-order valence-electron chi connectivity index (χ4n) is 0.0304. The SMILES string of the molecule is [B]C(C#N)C=O. The van der Waals surface area contributed by atoms with E-state index in [0.29, 0.717) is 6.29 Å². The average Bonchev–Trinajstić information content (AvgIpc) is 1.65. The maximum Gasteiger partial charge on any atom is 0.128 e. The van der Waals surface area contributed by atoms with E-state index in [0.717, 1.165) is 0 Å².